The monoisotopic (exact) mass is 406 g/mol. The van der Waals surface area contributed by atoms with Crippen molar-refractivity contribution in [2.24, 2.45) is 0 Å². The standard InChI is InChI=1S/C22H14N8O/c31-14-8-13(10-24-11-14)15-3-4-17-20(26-15)21(30-29-17)22-27-16-5-7-25-18(19(16)28-22)12-2-1-6-23-9-12/h1-11,31H,(H,27,28)(H,29,30). The van der Waals surface area contributed by atoms with Crippen LogP contribution in [0.25, 0.3) is 56.1 Å². The first-order chi connectivity index (χ1) is 15.3. The van der Waals surface area contributed by atoms with Crippen molar-refractivity contribution in [1.29, 1.82) is 0 Å². The average Bonchev–Trinajstić information content (AvgIpc) is 3.43. The van der Waals surface area contributed by atoms with E-state index in [0.717, 1.165) is 27.8 Å². The number of aromatic nitrogens is 8. The maximum absolute atomic E-state index is 9.75. The van der Waals surface area contributed by atoms with Gasteiger partial charge in [0.25, 0.3) is 0 Å². The van der Waals surface area contributed by atoms with Crippen LogP contribution in [0.15, 0.2) is 67.4 Å². The summed E-state index contributed by atoms with van der Waals surface area (Å²) in [6.45, 7) is 0. The van der Waals surface area contributed by atoms with Gasteiger partial charge in [0.2, 0.25) is 0 Å². The molecule has 9 nitrogen and oxygen atoms in total. The maximum atomic E-state index is 9.75. The number of imidazole rings is 1. The Morgan fingerprint density at radius 3 is 2.55 bits per heavy atom. The molecule has 9 heteroatoms. The van der Waals surface area contributed by atoms with Gasteiger partial charge in [0.1, 0.15) is 16.8 Å². The van der Waals surface area contributed by atoms with Crippen LogP contribution < -0.4 is 0 Å². The third-order valence-electron chi connectivity index (χ3n) is 4.99. The van der Waals surface area contributed by atoms with E-state index in [1.165, 1.54) is 6.20 Å². The van der Waals surface area contributed by atoms with Crippen LogP contribution in [0.1, 0.15) is 0 Å². The third-order valence-corrected chi connectivity index (χ3v) is 4.99. The van der Waals surface area contributed by atoms with Crippen molar-refractivity contribution >= 4 is 22.1 Å². The lowest BCUT2D eigenvalue weighted by molar-refractivity contribution is 0.473. The van der Waals surface area contributed by atoms with Gasteiger partial charge in [-0.2, -0.15) is 5.10 Å². The molecule has 0 bridgehead atoms. The summed E-state index contributed by atoms with van der Waals surface area (Å²) < 4.78 is 0. The molecule has 0 amide bonds. The summed E-state index contributed by atoms with van der Waals surface area (Å²) >= 11 is 0. The van der Waals surface area contributed by atoms with E-state index in [9.17, 15) is 5.11 Å². The highest BCUT2D eigenvalue weighted by Gasteiger charge is 2.17. The van der Waals surface area contributed by atoms with Crippen LogP contribution in [0.3, 0.4) is 0 Å². The number of aromatic amines is 2. The number of H-pyrrole nitrogens is 2. The van der Waals surface area contributed by atoms with E-state index in [-0.39, 0.29) is 5.75 Å². The maximum Gasteiger partial charge on any atom is 0.161 e. The molecule has 0 aliphatic carbocycles. The van der Waals surface area contributed by atoms with Crippen LogP contribution >= 0.6 is 0 Å². The van der Waals surface area contributed by atoms with Crippen LogP contribution in [-0.2, 0) is 0 Å². The summed E-state index contributed by atoms with van der Waals surface area (Å²) in [7, 11) is 0. The SMILES string of the molecule is Oc1cncc(-c2ccc3[nH]nc(-c4nc5c(-c6cccnc6)nccc5[nH]4)c3n2)c1. The van der Waals surface area contributed by atoms with Gasteiger partial charge in [0.15, 0.2) is 11.5 Å². The topological polar surface area (TPSA) is 129 Å². The Bertz CT molecular complexity index is 1550. The van der Waals surface area contributed by atoms with E-state index >= 15 is 0 Å². The molecular weight excluding hydrogens is 392 g/mol. The second-order valence-corrected chi connectivity index (χ2v) is 6.98. The number of rotatable bonds is 3. The quantitative estimate of drug-likeness (QED) is 0.408. The predicted octanol–water partition coefficient (Wildman–Crippen LogP) is 3.73. The van der Waals surface area contributed by atoms with Gasteiger partial charge in [-0.1, -0.05) is 0 Å². The fraction of sp³-hybridized carbons (Fsp3) is 0. The Morgan fingerprint density at radius 2 is 1.68 bits per heavy atom. The molecule has 0 aromatic carbocycles. The molecule has 0 unspecified atom stereocenters. The van der Waals surface area contributed by atoms with Gasteiger partial charge in [-0.25, -0.2) is 9.97 Å². The smallest absolute Gasteiger partial charge is 0.161 e. The van der Waals surface area contributed by atoms with E-state index in [2.05, 4.69) is 30.1 Å². The molecule has 31 heavy (non-hydrogen) atoms. The Kier molecular flexibility index (Phi) is 3.72. The van der Waals surface area contributed by atoms with Gasteiger partial charge in [-0.05, 0) is 36.4 Å². The molecule has 0 fully saturated rings. The fourth-order valence-corrected chi connectivity index (χ4v) is 3.55. The van der Waals surface area contributed by atoms with Crippen LogP contribution in [0.5, 0.6) is 5.75 Å². The van der Waals surface area contributed by atoms with Crippen molar-refractivity contribution in [2.75, 3.05) is 0 Å². The molecule has 148 valence electrons. The van der Waals surface area contributed by atoms with Gasteiger partial charge in [0.05, 0.1) is 28.6 Å². The third kappa shape index (κ3) is 2.87. The molecule has 6 aromatic rings. The lowest BCUT2D eigenvalue weighted by atomic mass is 10.1. The van der Waals surface area contributed by atoms with Gasteiger partial charge < -0.3 is 10.1 Å². The summed E-state index contributed by atoms with van der Waals surface area (Å²) in [5, 5.41) is 17.2. The van der Waals surface area contributed by atoms with Gasteiger partial charge in [-0.15, -0.1) is 0 Å². The first kappa shape index (κ1) is 17.2. The number of aromatic hydroxyl groups is 1. The van der Waals surface area contributed by atoms with Crippen molar-refractivity contribution < 1.29 is 5.11 Å². The minimum Gasteiger partial charge on any atom is -0.506 e. The second-order valence-electron chi connectivity index (χ2n) is 6.98. The second kappa shape index (κ2) is 6.70. The molecular formula is C22H14N8O. The van der Waals surface area contributed by atoms with E-state index in [1.54, 1.807) is 30.9 Å². The first-order valence-electron chi connectivity index (χ1n) is 9.51. The minimum absolute atomic E-state index is 0.0829. The molecule has 0 atom stereocenters. The van der Waals surface area contributed by atoms with E-state index in [4.69, 9.17) is 9.97 Å². The largest absolute Gasteiger partial charge is 0.506 e. The number of fused-ring (bicyclic) bond motifs is 2. The molecule has 0 saturated heterocycles. The number of nitrogens with one attached hydrogen (secondary N) is 2. The highest BCUT2D eigenvalue weighted by molar-refractivity contribution is 5.94. The molecule has 6 rings (SSSR count). The van der Waals surface area contributed by atoms with Crippen LogP contribution in [0.2, 0.25) is 0 Å². The molecule has 0 radical (unpaired) electrons. The zero-order chi connectivity index (χ0) is 20.8. The van der Waals surface area contributed by atoms with Gasteiger partial charge >= 0.3 is 0 Å². The van der Waals surface area contributed by atoms with Crippen LogP contribution in [0, 0.1) is 0 Å². The summed E-state index contributed by atoms with van der Waals surface area (Å²) in [6, 6.07) is 11.1. The molecule has 0 aliphatic heterocycles. The number of hydrogen-bond acceptors (Lipinski definition) is 7. The Labute approximate surface area is 174 Å². The number of nitrogens with zero attached hydrogens (tertiary/aromatic N) is 6. The van der Waals surface area contributed by atoms with Gasteiger partial charge in [-0.3, -0.25) is 20.1 Å². The van der Waals surface area contributed by atoms with Gasteiger partial charge in [0, 0.05) is 35.9 Å². The summed E-state index contributed by atoms with van der Waals surface area (Å²) in [6.07, 6.45) is 8.26. The fourth-order valence-electron chi connectivity index (χ4n) is 3.55. The van der Waals surface area contributed by atoms with Crippen molar-refractivity contribution in [3.63, 3.8) is 0 Å². The first-order valence-corrected chi connectivity index (χ1v) is 9.51. The molecule has 6 heterocycles. The normalized spacial score (nSPS) is 11.4. The molecule has 0 aliphatic rings. The summed E-state index contributed by atoms with van der Waals surface area (Å²) in [5.74, 6) is 0.664. The molecule has 3 N–H and O–H groups in total. The Hall–Kier alpha value is -4.66. The number of hydrogen-bond donors (Lipinski definition) is 3. The highest BCUT2D eigenvalue weighted by Crippen LogP contribution is 2.30. The van der Waals surface area contributed by atoms with Crippen molar-refractivity contribution in [3.05, 3.63) is 67.4 Å². The van der Waals surface area contributed by atoms with E-state index < -0.39 is 0 Å². The van der Waals surface area contributed by atoms with Crippen molar-refractivity contribution in [2.45, 2.75) is 0 Å². The average molecular weight is 406 g/mol. The number of pyridine rings is 4. The van der Waals surface area contributed by atoms with Crippen molar-refractivity contribution in [3.8, 4) is 39.8 Å². The van der Waals surface area contributed by atoms with Crippen molar-refractivity contribution in [1.82, 2.24) is 40.1 Å². The zero-order valence-corrected chi connectivity index (χ0v) is 16.0. The van der Waals surface area contributed by atoms with E-state index in [0.29, 0.717) is 28.3 Å². The van der Waals surface area contributed by atoms with E-state index in [1.807, 2.05) is 30.3 Å². The Morgan fingerprint density at radius 1 is 0.774 bits per heavy atom. The Balaban J connectivity index is 1.51. The van der Waals surface area contributed by atoms with Crippen LogP contribution in [-0.4, -0.2) is 45.2 Å². The molecule has 0 saturated carbocycles. The van der Waals surface area contributed by atoms with Crippen LogP contribution in [0.4, 0.5) is 0 Å². The summed E-state index contributed by atoms with van der Waals surface area (Å²) in [4.78, 5) is 25.6. The highest BCUT2D eigenvalue weighted by atomic mass is 16.3. The summed E-state index contributed by atoms with van der Waals surface area (Å²) in [5.41, 5.74) is 6.62. The molecule has 6 aromatic heterocycles. The zero-order valence-electron chi connectivity index (χ0n) is 16.0. The lowest BCUT2D eigenvalue weighted by Crippen LogP contribution is -1.88. The molecule has 0 spiro atoms. The minimum atomic E-state index is 0.0829. The lowest BCUT2D eigenvalue weighted by Gasteiger charge is -2.01. The predicted molar refractivity (Wildman–Crippen MR) is 115 cm³/mol.